The maximum absolute atomic E-state index is 13.5. The van der Waals surface area contributed by atoms with Gasteiger partial charge in [0.2, 0.25) is 0 Å². The van der Waals surface area contributed by atoms with E-state index in [4.69, 9.17) is 5.73 Å². The molecule has 2 rings (SSSR count). The van der Waals surface area contributed by atoms with Gasteiger partial charge in [-0.05, 0) is 19.1 Å². The number of nitrogens with zero attached hydrogens (tertiary/aromatic N) is 1. The SMILES string of the molecule is CC(N)Cc1nc(-c2c(F)cccc2F)cs1. The zero-order valence-corrected chi connectivity index (χ0v) is 10.1. The van der Waals surface area contributed by atoms with E-state index in [1.165, 1.54) is 29.5 Å². The van der Waals surface area contributed by atoms with Crippen LogP contribution in [0.3, 0.4) is 0 Å². The highest BCUT2D eigenvalue weighted by Gasteiger charge is 2.14. The molecule has 2 nitrogen and oxygen atoms in total. The van der Waals surface area contributed by atoms with Gasteiger partial charge in [-0.25, -0.2) is 13.8 Å². The molecule has 0 aliphatic heterocycles. The third-order valence-electron chi connectivity index (χ3n) is 2.27. The minimum Gasteiger partial charge on any atom is -0.328 e. The van der Waals surface area contributed by atoms with Gasteiger partial charge < -0.3 is 5.73 Å². The van der Waals surface area contributed by atoms with Gasteiger partial charge in [0, 0.05) is 17.8 Å². The first-order chi connectivity index (χ1) is 8.08. The molecule has 5 heteroatoms. The monoisotopic (exact) mass is 254 g/mol. The average Bonchev–Trinajstić information content (AvgIpc) is 2.65. The zero-order chi connectivity index (χ0) is 12.4. The number of hydrogen-bond donors (Lipinski definition) is 1. The molecule has 90 valence electrons. The van der Waals surface area contributed by atoms with Gasteiger partial charge in [-0.15, -0.1) is 11.3 Å². The van der Waals surface area contributed by atoms with Crippen LogP contribution in [0.25, 0.3) is 11.3 Å². The summed E-state index contributed by atoms with van der Waals surface area (Å²) in [5, 5.41) is 2.44. The third-order valence-corrected chi connectivity index (χ3v) is 3.14. The summed E-state index contributed by atoms with van der Waals surface area (Å²) < 4.78 is 27.0. The number of benzene rings is 1. The molecule has 0 radical (unpaired) electrons. The van der Waals surface area contributed by atoms with Crippen molar-refractivity contribution < 1.29 is 8.78 Å². The van der Waals surface area contributed by atoms with Gasteiger partial charge in [-0.3, -0.25) is 0 Å². The van der Waals surface area contributed by atoms with Crippen LogP contribution >= 0.6 is 11.3 Å². The maximum atomic E-state index is 13.5. The van der Waals surface area contributed by atoms with Gasteiger partial charge in [-0.2, -0.15) is 0 Å². The van der Waals surface area contributed by atoms with Crippen LogP contribution < -0.4 is 5.73 Å². The van der Waals surface area contributed by atoms with E-state index in [-0.39, 0.29) is 11.6 Å². The lowest BCUT2D eigenvalue weighted by atomic mass is 10.1. The zero-order valence-electron chi connectivity index (χ0n) is 9.28. The van der Waals surface area contributed by atoms with Crippen molar-refractivity contribution in [1.29, 1.82) is 0 Å². The summed E-state index contributed by atoms with van der Waals surface area (Å²) in [5.41, 5.74) is 5.92. The fourth-order valence-corrected chi connectivity index (χ4v) is 2.47. The van der Waals surface area contributed by atoms with Crippen molar-refractivity contribution in [2.45, 2.75) is 19.4 Å². The highest BCUT2D eigenvalue weighted by molar-refractivity contribution is 7.09. The van der Waals surface area contributed by atoms with E-state index in [0.29, 0.717) is 12.1 Å². The summed E-state index contributed by atoms with van der Waals surface area (Å²) in [5.74, 6) is -1.19. The minimum atomic E-state index is -0.595. The Balaban J connectivity index is 2.37. The molecule has 0 saturated heterocycles. The van der Waals surface area contributed by atoms with Crippen LogP contribution in [0.15, 0.2) is 23.6 Å². The summed E-state index contributed by atoms with van der Waals surface area (Å²) >= 11 is 1.37. The van der Waals surface area contributed by atoms with Gasteiger partial charge in [0.05, 0.1) is 16.3 Å². The molecule has 2 aromatic rings. The van der Waals surface area contributed by atoms with Crippen molar-refractivity contribution >= 4 is 11.3 Å². The molecule has 0 aliphatic rings. The quantitative estimate of drug-likeness (QED) is 0.914. The molecule has 0 saturated carbocycles. The average molecular weight is 254 g/mol. The third kappa shape index (κ3) is 2.68. The summed E-state index contributed by atoms with van der Waals surface area (Å²) in [6.45, 7) is 1.87. The van der Waals surface area contributed by atoms with Gasteiger partial charge in [0.15, 0.2) is 0 Å². The standard InChI is InChI=1S/C12H12F2N2S/c1-7(15)5-11-16-10(6-17-11)12-8(13)3-2-4-9(12)14/h2-4,6-7H,5,15H2,1H3. The predicted molar refractivity (Wildman–Crippen MR) is 64.8 cm³/mol. The summed E-state index contributed by atoms with van der Waals surface area (Å²) in [4.78, 5) is 4.20. The first kappa shape index (κ1) is 12.1. The number of nitrogens with two attached hydrogens (primary N) is 1. The number of aromatic nitrogens is 1. The molecule has 1 atom stereocenters. The van der Waals surface area contributed by atoms with E-state index < -0.39 is 11.6 Å². The van der Waals surface area contributed by atoms with Crippen LogP contribution in [0, 0.1) is 11.6 Å². The van der Waals surface area contributed by atoms with E-state index >= 15 is 0 Å². The number of rotatable bonds is 3. The molecule has 0 aliphatic carbocycles. The molecule has 2 N–H and O–H groups in total. The molecule has 1 heterocycles. The Bertz CT molecular complexity index is 503. The second-order valence-electron chi connectivity index (χ2n) is 3.90. The van der Waals surface area contributed by atoms with Gasteiger partial charge >= 0.3 is 0 Å². The molecule has 1 unspecified atom stereocenters. The van der Waals surface area contributed by atoms with Crippen molar-refractivity contribution in [2.75, 3.05) is 0 Å². The van der Waals surface area contributed by atoms with Crippen LogP contribution in [0.4, 0.5) is 8.78 Å². The fourth-order valence-electron chi connectivity index (χ4n) is 1.54. The second kappa shape index (κ2) is 4.89. The van der Waals surface area contributed by atoms with Crippen LogP contribution in [0.2, 0.25) is 0 Å². The first-order valence-corrected chi connectivity index (χ1v) is 6.10. The van der Waals surface area contributed by atoms with Crippen LogP contribution in [-0.2, 0) is 6.42 Å². The summed E-state index contributed by atoms with van der Waals surface area (Å²) in [6, 6.07) is 3.77. The van der Waals surface area contributed by atoms with Crippen molar-refractivity contribution in [3.63, 3.8) is 0 Å². The molecule has 1 aromatic carbocycles. The van der Waals surface area contributed by atoms with Gasteiger partial charge in [0.1, 0.15) is 11.6 Å². The van der Waals surface area contributed by atoms with Crippen molar-refractivity contribution in [1.82, 2.24) is 4.98 Å². The molecular weight excluding hydrogens is 242 g/mol. The van der Waals surface area contributed by atoms with Crippen molar-refractivity contribution in [2.24, 2.45) is 5.73 Å². The van der Waals surface area contributed by atoms with Gasteiger partial charge in [0.25, 0.3) is 0 Å². The topological polar surface area (TPSA) is 38.9 Å². The lowest BCUT2D eigenvalue weighted by molar-refractivity contribution is 0.588. The summed E-state index contributed by atoms with van der Waals surface area (Å²) in [6.07, 6.45) is 0.612. The van der Waals surface area contributed by atoms with E-state index in [2.05, 4.69) is 4.98 Å². The Labute approximate surface area is 102 Å². The van der Waals surface area contributed by atoms with Crippen LogP contribution in [0.1, 0.15) is 11.9 Å². The predicted octanol–water partition coefficient (Wildman–Crippen LogP) is 2.98. The molecule has 0 bridgehead atoms. The Kier molecular flexibility index (Phi) is 3.49. The van der Waals surface area contributed by atoms with Crippen molar-refractivity contribution in [3.8, 4) is 11.3 Å². The fraction of sp³-hybridized carbons (Fsp3) is 0.250. The Hall–Kier alpha value is -1.33. The number of thiazole rings is 1. The van der Waals surface area contributed by atoms with Gasteiger partial charge in [-0.1, -0.05) is 6.07 Å². The Morgan fingerprint density at radius 1 is 1.35 bits per heavy atom. The van der Waals surface area contributed by atoms with E-state index in [1.54, 1.807) is 5.38 Å². The summed E-state index contributed by atoms with van der Waals surface area (Å²) in [7, 11) is 0. The highest BCUT2D eigenvalue weighted by atomic mass is 32.1. The van der Waals surface area contributed by atoms with Crippen molar-refractivity contribution in [3.05, 3.63) is 40.2 Å². The molecule has 17 heavy (non-hydrogen) atoms. The normalized spacial score (nSPS) is 12.7. The Morgan fingerprint density at radius 3 is 2.59 bits per heavy atom. The van der Waals surface area contributed by atoms with E-state index in [1.807, 2.05) is 6.92 Å². The first-order valence-electron chi connectivity index (χ1n) is 5.22. The lowest BCUT2D eigenvalue weighted by Crippen LogP contribution is -2.17. The maximum Gasteiger partial charge on any atom is 0.135 e. The highest BCUT2D eigenvalue weighted by Crippen LogP contribution is 2.27. The molecule has 1 aromatic heterocycles. The number of hydrogen-bond acceptors (Lipinski definition) is 3. The van der Waals surface area contributed by atoms with E-state index in [0.717, 1.165) is 5.01 Å². The molecule has 0 spiro atoms. The molecular formula is C12H12F2N2S. The van der Waals surface area contributed by atoms with Crippen LogP contribution in [-0.4, -0.2) is 11.0 Å². The molecule has 0 fully saturated rings. The lowest BCUT2D eigenvalue weighted by Gasteiger charge is -2.01. The Morgan fingerprint density at radius 2 is 2.00 bits per heavy atom. The largest absolute Gasteiger partial charge is 0.328 e. The van der Waals surface area contributed by atoms with Crippen LogP contribution in [0.5, 0.6) is 0 Å². The smallest absolute Gasteiger partial charge is 0.135 e. The number of halogens is 2. The molecule has 0 amide bonds. The van der Waals surface area contributed by atoms with E-state index in [9.17, 15) is 8.78 Å². The minimum absolute atomic E-state index is 0.0144. The second-order valence-corrected chi connectivity index (χ2v) is 4.85.